The number of rotatable bonds is 17. The lowest BCUT2D eigenvalue weighted by Crippen LogP contribution is -2.65. The van der Waals surface area contributed by atoms with Crippen molar-refractivity contribution in [3.63, 3.8) is 0 Å². The van der Waals surface area contributed by atoms with Gasteiger partial charge in [-0.2, -0.15) is 0 Å². The van der Waals surface area contributed by atoms with Gasteiger partial charge in [-0.05, 0) is 55.2 Å². The quantitative estimate of drug-likeness (QED) is 0.146. The molecule has 9 nitrogen and oxygen atoms in total. The summed E-state index contributed by atoms with van der Waals surface area (Å²) in [5, 5.41) is 24.7. The molecule has 0 aromatic heterocycles. The summed E-state index contributed by atoms with van der Waals surface area (Å²) in [6.45, 7) is 3.20. The summed E-state index contributed by atoms with van der Waals surface area (Å²) in [5.74, 6) is -2.56. The van der Waals surface area contributed by atoms with Crippen LogP contribution in [0.25, 0.3) is 0 Å². The van der Waals surface area contributed by atoms with Crippen molar-refractivity contribution in [1.82, 2.24) is 5.32 Å². The van der Waals surface area contributed by atoms with Crippen molar-refractivity contribution in [2.75, 3.05) is 0 Å². The minimum Gasteiger partial charge on any atom is -0.445 e. The molecule has 4 unspecified atom stereocenters. The van der Waals surface area contributed by atoms with E-state index in [1.807, 2.05) is 91.0 Å². The summed E-state index contributed by atoms with van der Waals surface area (Å²) in [6.07, 6.45) is -0.288. The van der Waals surface area contributed by atoms with Crippen LogP contribution in [0.5, 0.6) is 0 Å². The van der Waals surface area contributed by atoms with Crippen LogP contribution in [0, 0.1) is 11.8 Å². The summed E-state index contributed by atoms with van der Waals surface area (Å²) < 4.78 is 5.18. The zero-order chi connectivity index (χ0) is 32.1. The molecular weight excluding hydrogens is 558 g/mol. The molecule has 3 aromatic rings. The predicted octanol–water partition coefficient (Wildman–Crippen LogP) is 3.68. The summed E-state index contributed by atoms with van der Waals surface area (Å²) in [5.41, 5.74) is 12.8. The maximum atomic E-state index is 13.8. The molecule has 0 bridgehead atoms. The Morgan fingerprint density at radius 2 is 1.39 bits per heavy atom. The van der Waals surface area contributed by atoms with E-state index in [1.165, 1.54) is 6.92 Å². The van der Waals surface area contributed by atoms with E-state index >= 15 is 0 Å². The second-order valence-corrected chi connectivity index (χ2v) is 11.6. The van der Waals surface area contributed by atoms with Gasteiger partial charge in [0.15, 0.2) is 17.3 Å². The van der Waals surface area contributed by atoms with E-state index < -0.39 is 47.6 Å². The molecule has 1 amide bonds. The topological polar surface area (TPSA) is 165 Å². The van der Waals surface area contributed by atoms with Gasteiger partial charge in [0.05, 0.1) is 18.2 Å². The highest BCUT2D eigenvalue weighted by atomic mass is 16.5. The van der Waals surface area contributed by atoms with Gasteiger partial charge in [-0.25, -0.2) is 4.79 Å². The minimum absolute atomic E-state index is 0.0578. The molecule has 0 spiro atoms. The number of carbonyl (C=O) groups excluding carboxylic acids is 3. The van der Waals surface area contributed by atoms with Gasteiger partial charge in [0, 0.05) is 12.3 Å². The number of nitrogens with two attached hydrogens (primary N) is 2. The summed E-state index contributed by atoms with van der Waals surface area (Å²) in [6, 6.07) is 26.0. The maximum Gasteiger partial charge on any atom is 0.408 e. The fourth-order valence-corrected chi connectivity index (χ4v) is 5.17. The molecule has 0 aliphatic heterocycles. The van der Waals surface area contributed by atoms with Gasteiger partial charge in [0.1, 0.15) is 6.61 Å². The van der Waals surface area contributed by atoms with E-state index in [0.29, 0.717) is 12.8 Å². The van der Waals surface area contributed by atoms with Crippen molar-refractivity contribution >= 4 is 17.7 Å². The highest BCUT2D eigenvalue weighted by molar-refractivity contribution is 5.90. The molecule has 236 valence electrons. The Morgan fingerprint density at radius 1 is 0.864 bits per heavy atom. The van der Waals surface area contributed by atoms with E-state index in [1.54, 1.807) is 6.92 Å². The molecule has 0 saturated heterocycles. The van der Waals surface area contributed by atoms with E-state index in [9.17, 15) is 24.6 Å². The van der Waals surface area contributed by atoms with Crippen LogP contribution in [0.4, 0.5) is 4.79 Å². The summed E-state index contributed by atoms with van der Waals surface area (Å²) >= 11 is 0. The molecule has 3 aromatic carbocycles. The summed E-state index contributed by atoms with van der Waals surface area (Å²) in [4.78, 5) is 38.9. The number of aliphatic hydroxyl groups excluding tert-OH is 1. The SMILES string of the molecule is CC(CC(=O)[C@@H](C)NC(=O)OCc1ccccc1)C(N)C(N)(O)C(=O)C(Cc1ccccc1)C[C@@H](O)CCc1ccccc1. The van der Waals surface area contributed by atoms with Crippen LogP contribution >= 0.6 is 0 Å². The number of benzene rings is 3. The molecule has 3 rings (SSSR count). The van der Waals surface area contributed by atoms with Crippen LogP contribution < -0.4 is 16.8 Å². The van der Waals surface area contributed by atoms with E-state index in [0.717, 1.165) is 16.7 Å². The van der Waals surface area contributed by atoms with E-state index in [-0.39, 0.29) is 31.7 Å². The first-order valence-electron chi connectivity index (χ1n) is 15.0. The molecule has 0 radical (unpaired) electrons. The van der Waals surface area contributed by atoms with Gasteiger partial charge in [0.25, 0.3) is 0 Å². The van der Waals surface area contributed by atoms with Crippen molar-refractivity contribution in [3.8, 4) is 0 Å². The third-order valence-corrected chi connectivity index (χ3v) is 7.93. The fraction of sp³-hybridized carbons (Fsp3) is 0.400. The monoisotopic (exact) mass is 603 g/mol. The van der Waals surface area contributed by atoms with Gasteiger partial charge < -0.3 is 26.0 Å². The second kappa shape index (κ2) is 16.8. The minimum atomic E-state index is -2.45. The molecule has 0 heterocycles. The number of ketones is 2. The van der Waals surface area contributed by atoms with Crippen LogP contribution in [0.3, 0.4) is 0 Å². The third kappa shape index (κ3) is 10.7. The number of amides is 1. The first-order chi connectivity index (χ1) is 21.0. The molecule has 7 N–H and O–H groups in total. The molecule has 9 heteroatoms. The predicted molar refractivity (Wildman–Crippen MR) is 169 cm³/mol. The lowest BCUT2D eigenvalue weighted by molar-refractivity contribution is -0.146. The molecule has 0 aliphatic carbocycles. The highest BCUT2D eigenvalue weighted by Crippen LogP contribution is 2.26. The smallest absolute Gasteiger partial charge is 0.408 e. The first-order valence-corrected chi connectivity index (χ1v) is 15.0. The standard InChI is InChI=1S/C35H45N3O6/c1-24(20-31(40)25(2)38-34(42)44-23-28-16-10-5-11-17-28)32(36)35(37,43)33(41)29(21-27-14-8-4-9-15-27)22-30(39)19-18-26-12-6-3-7-13-26/h3-17,24-25,29-30,32,39,43H,18-23,36-37H2,1-2H3,(H,38,42)/t24?,25-,29?,30+,32?,35?/m1/s1. The van der Waals surface area contributed by atoms with Gasteiger partial charge in [-0.15, -0.1) is 0 Å². The fourth-order valence-electron chi connectivity index (χ4n) is 5.17. The van der Waals surface area contributed by atoms with Gasteiger partial charge in [0.2, 0.25) is 0 Å². The van der Waals surface area contributed by atoms with Gasteiger partial charge in [-0.3, -0.25) is 15.3 Å². The second-order valence-electron chi connectivity index (χ2n) is 11.6. The number of Topliss-reactive ketones (excluding diaryl/α,β-unsaturated/α-hetero) is 2. The van der Waals surface area contributed by atoms with Crippen LogP contribution in [-0.2, 0) is 33.8 Å². The zero-order valence-corrected chi connectivity index (χ0v) is 25.5. The van der Waals surface area contributed by atoms with Crippen molar-refractivity contribution in [2.24, 2.45) is 23.3 Å². The first kappa shape index (κ1) is 34.6. The Labute approximate surface area is 259 Å². The summed E-state index contributed by atoms with van der Waals surface area (Å²) in [7, 11) is 0. The number of aryl methyl sites for hydroxylation is 1. The van der Waals surface area contributed by atoms with Crippen molar-refractivity contribution in [1.29, 1.82) is 0 Å². The highest BCUT2D eigenvalue weighted by Gasteiger charge is 2.44. The Morgan fingerprint density at radius 3 is 1.95 bits per heavy atom. The molecule has 44 heavy (non-hydrogen) atoms. The van der Waals surface area contributed by atoms with Crippen molar-refractivity contribution in [2.45, 2.75) is 76.5 Å². The third-order valence-electron chi connectivity index (χ3n) is 7.93. The van der Waals surface area contributed by atoms with Crippen LogP contribution in [0.15, 0.2) is 91.0 Å². The lowest BCUT2D eigenvalue weighted by atomic mass is 9.78. The van der Waals surface area contributed by atoms with Crippen LogP contribution in [-0.4, -0.2) is 51.8 Å². The van der Waals surface area contributed by atoms with Crippen LogP contribution in [0.2, 0.25) is 0 Å². The Hall–Kier alpha value is -3.89. The number of hydrogen-bond acceptors (Lipinski definition) is 8. The van der Waals surface area contributed by atoms with Gasteiger partial charge in [-0.1, -0.05) is 97.9 Å². The molecule has 0 aliphatic rings. The van der Waals surface area contributed by atoms with E-state index in [2.05, 4.69) is 5.32 Å². The normalized spacial score (nSPS) is 16.0. The number of aliphatic hydroxyl groups is 2. The Kier molecular flexibility index (Phi) is 13.2. The Balaban J connectivity index is 1.60. The molecule has 6 atom stereocenters. The van der Waals surface area contributed by atoms with Crippen molar-refractivity contribution in [3.05, 3.63) is 108 Å². The number of carbonyl (C=O) groups is 3. The Bertz CT molecular complexity index is 1320. The number of alkyl carbamates (subject to hydrolysis) is 1. The van der Waals surface area contributed by atoms with E-state index in [4.69, 9.17) is 16.2 Å². The average molecular weight is 604 g/mol. The van der Waals surface area contributed by atoms with Gasteiger partial charge >= 0.3 is 6.09 Å². The molecule has 0 fully saturated rings. The number of hydrogen-bond donors (Lipinski definition) is 5. The average Bonchev–Trinajstić information content (AvgIpc) is 3.03. The van der Waals surface area contributed by atoms with Crippen LogP contribution in [0.1, 0.15) is 49.8 Å². The largest absolute Gasteiger partial charge is 0.445 e. The number of ether oxygens (including phenoxy) is 1. The maximum absolute atomic E-state index is 13.8. The zero-order valence-electron chi connectivity index (χ0n) is 25.5. The van der Waals surface area contributed by atoms with Crippen molar-refractivity contribution < 1.29 is 29.3 Å². The lowest BCUT2D eigenvalue weighted by Gasteiger charge is -2.35. The molecular formula is C35H45N3O6. The molecule has 0 saturated carbocycles. The number of nitrogens with one attached hydrogen (secondary N) is 1.